The quantitative estimate of drug-likeness (QED) is 0.378. The first kappa shape index (κ1) is 15.6. The number of rotatable bonds is 8. The van der Waals surface area contributed by atoms with E-state index in [0.717, 1.165) is 19.4 Å². The van der Waals surface area contributed by atoms with E-state index in [9.17, 15) is 4.79 Å². The van der Waals surface area contributed by atoms with Crippen molar-refractivity contribution < 1.29 is 4.79 Å². The molecule has 0 spiro atoms. The third-order valence-electron chi connectivity index (χ3n) is 2.43. The first-order valence-electron chi connectivity index (χ1n) is 6.41. The first-order valence-corrected chi connectivity index (χ1v) is 7.40. The summed E-state index contributed by atoms with van der Waals surface area (Å²) in [4.78, 5) is 19.6. The van der Waals surface area contributed by atoms with Crippen LogP contribution in [0.3, 0.4) is 0 Å². The molecule has 0 aliphatic rings. The highest BCUT2D eigenvalue weighted by Gasteiger charge is 2.05. The normalized spacial score (nSPS) is 10.4. The molecule has 0 unspecified atom stereocenters. The second kappa shape index (κ2) is 8.58. The molecule has 1 heterocycles. The fourth-order valence-electron chi connectivity index (χ4n) is 1.49. The van der Waals surface area contributed by atoms with Crippen molar-refractivity contribution in [2.75, 3.05) is 23.8 Å². The minimum atomic E-state index is -0.0221. The standard InChI is InChI=1S/C12H21N5OS/c1-2-3-4-5-6-15-11(18)8-19-12-16-9(13)7-10(14)17-12/h7H,2-6,8H2,1H3,(H,15,18)(H4,13,14,16,17). The van der Waals surface area contributed by atoms with Crippen LogP contribution in [0.1, 0.15) is 32.6 Å². The number of hydrogen-bond donors (Lipinski definition) is 3. The summed E-state index contributed by atoms with van der Waals surface area (Å²) in [6.07, 6.45) is 4.57. The number of carbonyl (C=O) groups is 1. The van der Waals surface area contributed by atoms with Gasteiger partial charge in [0.1, 0.15) is 11.6 Å². The number of unbranched alkanes of at least 4 members (excludes halogenated alkanes) is 3. The summed E-state index contributed by atoms with van der Waals surface area (Å²) in [7, 11) is 0. The second-order valence-electron chi connectivity index (χ2n) is 4.20. The van der Waals surface area contributed by atoms with E-state index in [4.69, 9.17) is 11.5 Å². The Balaban J connectivity index is 2.22. The molecule has 0 saturated heterocycles. The Labute approximate surface area is 117 Å². The van der Waals surface area contributed by atoms with Gasteiger partial charge >= 0.3 is 0 Å². The molecule has 1 aromatic rings. The summed E-state index contributed by atoms with van der Waals surface area (Å²) in [5.74, 6) is 0.882. The molecule has 0 saturated carbocycles. The molecule has 106 valence electrons. The number of hydrogen-bond acceptors (Lipinski definition) is 6. The van der Waals surface area contributed by atoms with Crippen molar-refractivity contribution in [1.29, 1.82) is 0 Å². The lowest BCUT2D eigenvalue weighted by atomic mass is 10.2. The highest BCUT2D eigenvalue weighted by molar-refractivity contribution is 7.99. The summed E-state index contributed by atoms with van der Waals surface area (Å²) < 4.78 is 0. The van der Waals surface area contributed by atoms with Crippen LogP contribution in [0.2, 0.25) is 0 Å². The number of nitrogens with two attached hydrogens (primary N) is 2. The minimum Gasteiger partial charge on any atom is -0.383 e. The number of nitrogens with zero attached hydrogens (tertiary/aromatic N) is 2. The molecule has 1 aromatic heterocycles. The summed E-state index contributed by atoms with van der Waals surface area (Å²) in [6.45, 7) is 2.88. The average Bonchev–Trinajstić information content (AvgIpc) is 2.35. The van der Waals surface area contributed by atoms with Crippen LogP contribution in [0, 0.1) is 0 Å². The first-order chi connectivity index (χ1) is 9.11. The molecule has 5 N–H and O–H groups in total. The van der Waals surface area contributed by atoms with Crippen LogP contribution in [0.15, 0.2) is 11.2 Å². The third-order valence-corrected chi connectivity index (χ3v) is 3.28. The smallest absolute Gasteiger partial charge is 0.230 e. The number of nitrogen functional groups attached to an aromatic ring is 2. The molecular formula is C12H21N5OS. The molecule has 0 fully saturated rings. The van der Waals surface area contributed by atoms with E-state index in [2.05, 4.69) is 22.2 Å². The molecule has 0 aliphatic carbocycles. The molecule has 0 aromatic carbocycles. The lowest BCUT2D eigenvalue weighted by molar-refractivity contribution is -0.118. The van der Waals surface area contributed by atoms with Crippen LogP contribution in [0.5, 0.6) is 0 Å². The van der Waals surface area contributed by atoms with Gasteiger partial charge in [-0.3, -0.25) is 4.79 Å². The maximum absolute atomic E-state index is 11.6. The Hall–Kier alpha value is -1.50. The molecule has 1 rings (SSSR count). The molecule has 0 radical (unpaired) electrons. The molecule has 19 heavy (non-hydrogen) atoms. The molecule has 6 nitrogen and oxygen atoms in total. The van der Waals surface area contributed by atoms with Crippen molar-refractivity contribution >= 4 is 29.3 Å². The SMILES string of the molecule is CCCCCCNC(=O)CSc1nc(N)cc(N)n1. The van der Waals surface area contributed by atoms with Crippen LogP contribution in [0.25, 0.3) is 0 Å². The zero-order valence-electron chi connectivity index (χ0n) is 11.2. The monoisotopic (exact) mass is 283 g/mol. The van der Waals surface area contributed by atoms with Crippen LogP contribution in [-0.2, 0) is 4.79 Å². The number of carbonyl (C=O) groups excluding carboxylic acids is 1. The van der Waals surface area contributed by atoms with Gasteiger partial charge in [-0.1, -0.05) is 37.9 Å². The zero-order chi connectivity index (χ0) is 14.1. The van der Waals surface area contributed by atoms with Crippen LogP contribution >= 0.6 is 11.8 Å². The van der Waals surface area contributed by atoms with E-state index in [1.54, 1.807) is 0 Å². The molecular weight excluding hydrogens is 262 g/mol. The average molecular weight is 283 g/mol. The fourth-order valence-corrected chi connectivity index (χ4v) is 2.19. The van der Waals surface area contributed by atoms with E-state index in [0.29, 0.717) is 16.8 Å². The summed E-state index contributed by atoms with van der Waals surface area (Å²) in [6, 6.07) is 1.48. The Morgan fingerprint density at radius 1 is 1.26 bits per heavy atom. The molecule has 0 atom stereocenters. The second-order valence-corrected chi connectivity index (χ2v) is 5.14. The molecule has 1 amide bonds. The van der Waals surface area contributed by atoms with Gasteiger partial charge in [-0.25, -0.2) is 9.97 Å². The molecule has 0 bridgehead atoms. The highest BCUT2D eigenvalue weighted by atomic mass is 32.2. The van der Waals surface area contributed by atoms with Gasteiger partial charge < -0.3 is 16.8 Å². The third kappa shape index (κ3) is 6.85. The molecule has 7 heteroatoms. The van der Waals surface area contributed by atoms with Crippen molar-refractivity contribution in [3.05, 3.63) is 6.07 Å². The predicted molar refractivity (Wildman–Crippen MR) is 78.7 cm³/mol. The number of anilines is 2. The van der Waals surface area contributed by atoms with E-state index >= 15 is 0 Å². The highest BCUT2D eigenvalue weighted by Crippen LogP contribution is 2.15. The van der Waals surface area contributed by atoms with Gasteiger partial charge in [0.2, 0.25) is 5.91 Å². The topological polar surface area (TPSA) is 107 Å². The van der Waals surface area contributed by atoms with Crippen LogP contribution in [-0.4, -0.2) is 28.2 Å². The van der Waals surface area contributed by atoms with Gasteiger partial charge in [-0.05, 0) is 6.42 Å². The van der Waals surface area contributed by atoms with Crippen molar-refractivity contribution in [2.45, 2.75) is 37.8 Å². The van der Waals surface area contributed by atoms with Gasteiger partial charge in [0.05, 0.1) is 5.75 Å². The van der Waals surface area contributed by atoms with Gasteiger partial charge in [-0.2, -0.15) is 0 Å². The van der Waals surface area contributed by atoms with Crippen molar-refractivity contribution in [1.82, 2.24) is 15.3 Å². The summed E-state index contributed by atoms with van der Waals surface area (Å²) in [5, 5.41) is 3.29. The molecule has 0 aliphatic heterocycles. The van der Waals surface area contributed by atoms with E-state index < -0.39 is 0 Å². The number of aromatic nitrogens is 2. The maximum Gasteiger partial charge on any atom is 0.230 e. The van der Waals surface area contributed by atoms with Crippen LogP contribution in [0.4, 0.5) is 11.6 Å². The number of thioether (sulfide) groups is 1. The van der Waals surface area contributed by atoms with Gasteiger partial charge in [0.25, 0.3) is 0 Å². The number of amides is 1. The minimum absolute atomic E-state index is 0.0221. The van der Waals surface area contributed by atoms with Crippen LogP contribution < -0.4 is 16.8 Å². The zero-order valence-corrected chi connectivity index (χ0v) is 12.0. The Bertz CT molecular complexity index is 393. The predicted octanol–water partition coefficient (Wildman–Crippen LogP) is 1.43. The van der Waals surface area contributed by atoms with Crippen molar-refractivity contribution in [3.8, 4) is 0 Å². The lowest BCUT2D eigenvalue weighted by Gasteiger charge is -2.05. The number of nitrogens with one attached hydrogen (secondary N) is 1. The van der Waals surface area contributed by atoms with Crippen molar-refractivity contribution in [3.63, 3.8) is 0 Å². The Kier molecular flexibility index (Phi) is 7.02. The lowest BCUT2D eigenvalue weighted by Crippen LogP contribution is -2.26. The Morgan fingerprint density at radius 2 is 1.95 bits per heavy atom. The van der Waals surface area contributed by atoms with E-state index in [-0.39, 0.29) is 11.7 Å². The van der Waals surface area contributed by atoms with E-state index in [1.807, 2.05) is 0 Å². The van der Waals surface area contributed by atoms with Gasteiger partial charge in [0.15, 0.2) is 5.16 Å². The maximum atomic E-state index is 11.6. The largest absolute Gasteiger partial charge is 0.383 e. The van der Waals surface area contributed by atoms with Gasteiger partial charge in [-0.15, -0.1) is 0 Å². The fraction of sp³-hybridized carbons (Fsp3) is 0.583. The summed E-state index contributed by atoms with van der Waals surface area (Å²) in [5.41, 5.74) is 11.1. The van der Waals surface area contributed by atoms with Crippen molar-refractivity contribution in [2.24, 2.45) is 0 Å². The summed E-state index contributed by atoms with van der Waals surface area (Å²) >= 11 is 1.23. The van der Waals surface area contributed by atoms with Gasteiger partial charge in [0, 0.05) is 12.6 Å². The Morgan fingerprint density at radius 3 is 2.58 bits per heavy atom. The van der Waals surface area contributed by atoms with E-state index in [1.165, 1.54) is 30.7 Å².